The molecule has 1 rings (SSSR count). The lowest BCUT2D eigenvalue weighted by molar-refractivity contribution is 0.620. The van der Waals surface area contributed by atoms with Gasteiger partial charge in [0.15, 0.2) is 0 Å². The van der Waals surface area contributed by atoms with Gasteiger partial charge in [-0.25, -0.2) is 4.39 Å². The number of nitriles is 1. The highest BCUT2D eigenvalue weighted by Gasteiger charge is 2.07. The zero-order valence-electron chi connectivity index (χ0n) is 8.64. The normalized spacial score (nSPS) is 11.9. The van der Waals surface area contributed by atoms with Crippen molar-refractivity contribution in [3.05, 3.63) is 28.0 Å². The third-order valence-electron chi connectivity index (χ3n) is 2.07. The molecule has 0 aliphatic carbocycles. The Labute approximate surface area is 97.2 Å². The van der Waals surface area contributed by atoms with E-state index < -0.39 is 0 Å². The highest BCUT2D eigenvalue weighted by molar-refractivity contribution is 9.10. The third kappa shape index (κ3) is 3.21. The fourth-order valence-electron chi connectivity index (χ4n) is 1.26. The van der Waals surface area contributed by atoms with E-state index in [1.54, 1.807) is 6.07 Å². The van der Waals surface area contributed by atoms with Gasteiger partial charge in [0.2, 0.25) is 0 Å². The number of nitrogens with zero attached hydrogens (tertiary/aromatic N) is 1. The van der Waals surface area contributed by atoms with Crippen LogP contribution in [0.1, 0.15) is 18.9 Å². The predicted molar refractivity (Wildman–Crippen MR) is 62.2 cm³/mol. The average molecular weight is 271 g/mol. The summed E-state index contributed by atoms with van der Waals surface area (Å²) in [5, 5.41) is 11.6. The smallest absolute Gasteiger partial charge is 0.139 e. The second kappa shape index (κ2) is 5.13. The Morgan fingerprint density at radius 2 is 2.27 bits per heavy atom. The van der Waals surface area contributed by atoms with E-state index in [1.807, 2.05) is 13.8 Å². The van der Waals surface area contributed by atoms with E-state index in [0.29, 0.717) is 10.9 Å². The van der Waals surface area contributed by atoms with E-state index in [1.165, 1.54) is 6.07 Å². The summed E-state index contributed by atoms with van der Waals surface area (Å²) in [7, 11) is 0. The Kier molecular flexibility index (Phi) is 4.10. The maximum absolute atomic E-state index is 13.2. The van der Waals surface area contributed by atoms with Gasteiger partial charge in [-0.3, -0.25) is 0 Å². The molecule has 2 nitrogen and oxygen atoms in total. The molecule has 1 N–H and O–H groups in total. The van der Waals surface area contributed by atoms with Gasteiger partial charge in [-0.1, -0.05) is 0 Å². The molecule has 1 atom stereocenters. The van der Waals surface area contributed by atoms with Crippen molar-refractivity contribution >= 4 is 21.6 Å². The molecule has 1 aromatic carbocycles. The van der Waals surface area contributed by atoms with Crippen molar-refractivity contribution in [3.8, 4) is 6.07 Å². The molecule has 0 radical (unpaired) electrons. The molecule has 1 unspecified atom stereocenters. The summed E-state index contributed by atoms with van der Waals surface area (Å²) < 4.78 is 13.7. The zero-order valence-corrected chi connectivity index (χ0v) is 10.2. The van der Waals surface area contributed by atoms with Crippen LogP contribution in [0.4, 0.5) is 10.1 Å². The van der Waals surface area contributed by atoms with E-state index in [0.717, 1.165) is 11.3 Å². The van der Waals surface area contributed by atoms with E-state index in [9.17, 15) is 4.39 Å². The molecule has 0 heterocycles. The van der Waals surface area contributed by atoms with Crippen LogP contribution < -0.4 is 5.32 Å². The molecule has 0 spiro atoms. The van der Waals surface area contributed by atoms with Gasteiger partial charge in [0.1, 0.15) is 5.82 Å². The number of anilines is 1. The van der Waals surface area contributed by atoms with Crippen molar-refractivity contribution in [2.45, 2.75) is 26.3 Å². The quantitative estimate of drug-likeness (QED) is 0.911. The fraction of sp³-hybridized carbons (Fsp3) is 0.364. The summed E-state index contributed by atoms with van der Waals surface area (Å²) in [6.07, 6.45) is 0.400. The largest absolute Gasteiger partial charge is 0.381 e. The van der Waals surface area contributed by atoms with Crippen LogP contribution in [0.5, 0.6) is 0 Å². The van der Waals surface area contributed by atoms with Crippen molar-refractivity contribution in [2.75, 3.05) is 5.32 Å². The first-order valence-electron chi connectivity index (χ1n) is 4.63. The number of halogens is 2. The predicted octanol–water partition coefficient (Wildman–Crippen LogP) is 3.61. The number of benzene rings is 1. The van der Waals surface area contributed by atoms with Crippen molar-refractivity contribution in [1.82, 2.24) is 0 Å². The van der Waals surface area contributed by atoms with Gasteiger partial charge in [0.25, 0.3) is 0 Å². The van der Waals surface area contributed by atoms with Crippen molar-refractivity contribution in [3.63, 3.8) is 0 Å². The number of hydrogen-bond donors (Lipinski definition) is 1. The highest BCUT2D eigenvalue weighted by Crippen LogP contribution is 2.24. The summed E-state index contributed by atoms with van der Waals surface area (Å²) in [6, 6.07) is 5.25. The lowest BCUT2D eigenvalue weighted by Gasteiger charge is -2.14. The minimum Gasteiger partial charge on any atom is -0.381 e. The Hall–Kier alpha value is -1.08. The van der Waals surface area contributed by atoms with Crippen LogP contribution in [0.2, 0.25) is 0 Å². The second-order valence-corrected chi connectivity index (χ2v) is 4.34. The van der Waals surface area contributed by atoms with Gasteiger partial charge in [-0.15, -0.1) is 0 Å². The molecule has 0 fully saturated rings. The van der Waals surface area contributed by atoms with E-state index in [-0.39, 0.29) is 11.9 Å². The first-order chi connectivity index (χ1) is 7.04. The first kappa shape index (κ1) is 12.0. The SMILES string of the molecule is Cc1cc(Br)c(F)cc1NC(C)CC#N. The van der Waals surface area contributed by atoms with Gasteiger partial charge in [-0.2, -0.15) is 5.26 Å². The summed E-state index contributed by atoms with van der Waals surface area (Å²) in [4.78, 5) is 0. The Morgan fingerprint density at radius 1 is 1.60 bits per heavy atom. The molecule has 0 aromatic heterocycles. The third-order valence-corrected chi connectivity index (χ3v) is 2.67. The van der Waals surface area contributed by atoms with Crippen molar-refractivity contribution in [1.29, 1.82) is 5.26 Å². The minimum absolute atomic E-state index is 0.0225. The summed E-state index contributed by atoms with van der Waals surface area (Å²) in [5.74, 6) is -0.299. The molecule has 4 heteroatoms. The number of hydrogen-bond acceptors (Lipinski definition) is 2. The van der Waals surface area contributed by atoms with Crippen LogP contribution in [0.15, 0.2) is 16.6 Å². The van der Waals surface area contributed by atoms with Gasteiger partial charge in [0.05, 0.1) is 17.0 Å². The topological polar surface area (TPSA) is 35.8 Å². The summed E-state index contributed by atoms with van der Waals surface area (Å²) >= 11 is 3.12. The molecule has 0 saturated heterocycles. The molecular formula is C11H12BrFN2. The van der Waals surface area contributed by atoms with Crippen LogP contribution >= 0.6 is 15.9 Å². The van der Waals surface area contributed by atoms with Gasteiger partial charge >= 0.3 is 0 Å². The van der Waals surface area contributed by atoms with E-state index in [4.69, 9.17) is 5.26 Å². The summed E-state index contributed by atoms with van der Waals surface area (Å²) in [5.41, 5.74) is 1.69. The van der Waals surface area contributed by atoms with Gasteiger partial charge < -0.3 is 5.32 Å². The van der Waals surface area contributed by atoms with Gasteiger partial charge in [0, 0.05) is 11.7 Å². The van der Waals surface area contributed by atoms with Gasteiger partial charge in [-0.05, 0) is 47.5 Å². The van der Waals surface area contributed by atoms with Crippen LogP contribution in [-0.4, -0.2) is 6.04 Å². The Morgan fingerprint density at radius 3 is 2.87 bits per heavy atom. The van der Waals surface area contributed by atoms with Crippen molar-refractivity contribution < 1.29 is 4.39 Å². The number of nitrogens with one attached hydrogen (secondary N) is 1. The Balaban J connectivity index is 2.87. The minimum atomic E-state index is -0.299. The molecule has 15 heavy (non-hydrogen) atoms. The highest BCUT2D eigenvalue weighted by atomic mass is 79.9. The molecule has 0 aliphatic heterocycles. The van der Waals surface area contributed by atoms with E-state index in [2.05, 4.69) is 27.3 Å². The zero-order chi connectivity index (χ0) is 11.4. The first-order valence-corrected chi connectivity index (χ1v) is 5.43. The average Bonchev–Trinajstić information content (AvgIpc) is 2.14. The molecule has 0 amide bonds. The summed E-state index contributed by atoms with van der Waals surface area (Å²) in [6.45, 7) is 3.79. The van der Waals surface area contributed by atoms with Crippen LogP contribution in [-0.2, 0) is 0 Å². The number of aryl methyl sites for hydroxylation is 1. The van der Waals surface area contributed by atoms with Crippen LogP contribution in [0.25, 0.3) is 0 Å². The monoisotopic (exact) mass is 270 g/mol. The molecule has 0 saturated carbocycles. The molecule has 1 aromatic rings. The molecule has 0 aliphatic rings. The Bertz CT molecular complexity index is 398. The molecule has 0 bridgehead atoms. The van der Waals surface area contributed by atoms with Crippen LogP contribution in [0, 0.1) is 24.1 Å². The maximum Gasteiger partial charge on any atom is 0.139 e. The molecular weight excluding hydrogens is 259 g/mol. The standard InChI is InChI=1S/C11H12BrFN2/c1-7-5-9(12)10(13)6-11(7)15-8(2)3-4-14/h5-6,8,15H,3H2,1-2H3. The second-order valence-electron chi connectivity index (χ2n) is 3.49. The maximum atomic E-state index is 13.2. The van der Waals surface area contributed by atoms with E-state index >= 15 is 0 Å². The van der Waals surface area contributed by atoms with Crippen molar-refractivity contribution in [2.24, 2.45) is 0 Å². The number of rotatable bonds is 3. The fourth-order valence-corrected chi connectivity index (χ4v) is 1.71. The lowest BCUT2D eigenvalue weighted by Crippen LogP contribution is -2.15. The lowest BCUT2D eigenvalue weighted by atomic mass is 10.1. The van der Waals surface area contributed by atoms with Crippen LogP contribution in [0.3, 0.4) is 0 Å². The molecule has 80 valence electrons.